The standard InChI is InChI=1S/C13H14N4O2S/c1-10(2)17-20(18,19)13-5-3-4-12(6-13)16-9-11(7-14)8-15/h3-6,9-10,16-17H,1-2H3. The molecule has 0 aromatic heterocycles. The predicted molar refractivity (Wildman–Crippen MR) is 74.8 cm³/mol. The molecule has 0 aliphatic carbocycles. The Morgan fingerprint density at radius 3 is 2.50 bits per heavy atom. The van der Waals surface area contributed by atoms with Crippen molar-refractivity contribution in [3.8, 4) is 12.1 Å². The number of hydrogen-bond donors (Lipinski definition) is 2. The molecule has 20 heavy (non-hydrogen) atoms. The van der Waals surface area contributed by atoms with Gasteiger partial charge in [-0.25, -0.2) is 13.1 Å². The molecule has 7 heteroatoms. The second-order valence-corrected chi connectivity index (χ2v) is 5.94. The topological polar surface area (TPSA) is 106 Å². The third-order valence-corrected chi connectivity index (χ3v) is 3.82. The summed E-state index contributed by atoms with van der Waals surface area (Å²) in [6, 6.07) is 9.29. The summed E-state index contributed by atoms with van der Waals surface area (Å²) in [4.78, 5) is 0.111. The van der Waals surface area contributed by atoms with Gasteiger partial charge in [0.1, 0.15) is 17.7 Å². The van der Waals surface area contributed by atoms with Gasteiger partial charge in [0.05, 0.1) is 4.90 Å². The second kappa shape index (κ2) is 6.71. The van der Waals surface area contributed by atoms with Crippen molar-refractivity contribution in [2.24, 2.45) is 0 Å². The van der Waals surface area contributed by atoms with Gasteiger partial charge in [0.15, 0.2) is 0 Å². The molecule has 6 nitrogen and oxygen atoms in total. The highest BCUT2D eigenvalue weighted by molar-refractivity contribution is 7.89. The normalized spacial score (nSPS) is 10.4. The Kier molecular flexibility index (Phi) is 5.27. The van der Waals surface area contributed by atoms with Crippen molar-refractivity contribution in [1.82, 2.24) is 4.72 Å². The molecule has 0 fully saturated rings. The van der Waals surface area contributed by atoms with E-state index in [2.05, 4.69) is 10.0 Å². The van der Waals surface area contributed by atoms with Gasteiger partial charge in [-0.3, -0.25) is 0 Å². The van der Waals surface area contributed by atoms with Gasteiger partial charge in [-0.1, -0.05) is 6.07 Å². The van der Waals surface area contributed by atoms with E-state index in [-0.39, 0.29) is 16.5 Å². The maximum Gasteiger partial charge on any atom is 0.240 e. The zero-order valence-electron chi connectivity index (χ0n) is 11.1. The molecule has 1 aromatic rings. The van der Waals surface area contributed by atoms with Gasteiger partial charge in [0.2, 0.25) is 10.0 Å². The molecule has 1 rings (SSSR count). The van der Waals surface area contributed by atoms with Crippen LogP contribution in [0.15, 0.2) is 40.9 Å². The van der Waals surface area contributed by atoms with Gasteiger partial charge in [0, 0.05) is 17.9 Å². The quantitative estimate of drug-likeness (QED) is 0.803. The molecule has 0 heterocycles. The van der Waals surface area contributed by atoms with Crippen molar-refractivity contribution in [1.29, 1.82) is 10.5 Å². The Morgan fingerprint density at radius 1 is 1.30 bits per heavy atom. The Morgan fingerprint density at radius 2 is 1.95 bits per heavy atom. The lowest BCUT2D eigenvalue weighted by atomic mass is 10.3. The summed E-state index contributed by atoms with van der Waals surface area (Å²) in [7, 11) is -3.57. The molecule has 0 spiro atoms. The van der Waals surface area contributed by atoms with Crippen LogP contribution in [0.25, 0.3) is 0 Å². The molecule has 1 aromatic carbocycles. The van der Waals surface area contributed by atoms with E-state index in [1.165, 1.54) is 18.3 Å². The molecule has 0 saturated carbocycles. The lowest BCUT2D eigenvalue weighted by Gasteiger charge is -2.10. The van der Waals surface area contributed by atoms with Crippen LogP contribution in [0.5, 0.6) is 0 Å². The highest BCUT2D eigenvalue weighted by Gasteiger charge is 2.15. The Balaban J connectivity index is 3.01. The number of anilines is 1. The van der Waals surface area contributed by atoms with Gasteiger partial charge < -0.3 is 5.32 Å². The Hall–Kier alpha value is -2.35. The summed E-state index contributed by atoms with van der Waals surface area (Å²) in [6.07, 6.45) is 1.22. The average Bonchev–Trinajstić information content (AvgIpc) is 2.39. The fraction of sp³-hybridized carbons (Fsp3) is 0.231. The zero-order chi connectivity index (χ0) is 15.2. The molecule has 0 amide bonds. The van der Waals surface area contributed by atoms with Crippen molar-refractivity contribution < 1.29 is 8.42 Å². The molecule has 0 unspecified atom stereocenters. The lowest BCUT2D eigenvalue weighted by molar-refractivity contribution is 0.570. The Bertz CT molecular complexity index is 678. The highest BCUT2D eigenvalue weighted by atomic mass is 32.2. The molecule has 0 bridgehead atoms. The van der Waals surface area contributed by atoms with Gasteiger partial charge in [-0.2, -0.15) is 10.5 Å². The molecular formula is C13H14N4O2S. The summed E-state index contributed by atoms with van der Waals surface area (Å²) in [5.41, 5.74) is 0.373. The van der Waals surface area contributed by atoms with Gasteiger partial charge >= 0.3 is 0 Å². The van der Waals surface area contributed by atoms with Crippen LogP contribution in [0.3, 0.4) is 0 Å². The van der Waals surface area contributed by atoms with Gasteiger partial charge in [-0.05, 0) is 32.0 Å². The summed E-state index contributed by atoms with van der Waals surface area (Å²) in [5, 5.41) is 19.9. The molecule has 2 N–H and O–H groups in total. The lowest BCUT2D eigenvalue weighted by Crippen LogP contribution is -2.30. The monoisotopic (exact) mass is 290 g/mol. The smallest absolute Gasteiger partial charge is 0.240 e. The van der Waals surface area contributed by atoms with Crippen LogP contribution in [0, 0.1) is 22.7 Å². The molecule has 0 radical (unpaired) electrons. The first-order chi connectivity index (χ1) is 9.39. The number of nitrogens with zero attached hydrogens (tertiary/aromatic N) is 2. The van der Waals surface area contributed by atoms with Crippen molar-refractivity contribution in [2.75, 3.05) is 5.32 Å². The number of hydrogen-bond acceptors (Lipinski definition) is 5. The van der Waals surface area contributed by atoms with Crippen molar-refractivity contribution in [2.45, 2.75) is 24.8 Å². The third-order valence-electron chi connectivity index (χ3n) is 2.16. The number of benzene rings is 1. The zero-order valence-corrected chi connectivity index (χ0v) is 11.9. The van der Waals surface area contributed by atoms with E-state index < -0.39 is 10.0 Å². The minimum absolute atomic E-state index is 0.0986. The first kappa shape index (κ1) is 15.7. The minimum atomic E-state index is -3.57. The van der Waals surface area contributed by atoms with Crippen LogP contribution in [-0.4, -0.2) is 14.5 Å². The van der Waals surface area contributed by atoms with Crippen molar-refractivity contribution in [3.05, 3.63) is 36.0 Å². The van der Waals surface area contributed by atoms with Crippen LogP contribution in [0.4, 0.5) is 5.69 Å². The van der Waals surface area contributed by atoms with E-state index in [9.17, 15) is 8.42 Å². The molecule has 104 valence electrons. The van der Waals surface area contributed by atoms with Crippen molar-refractivity contribution in [3.63, 3.8) is 0 Å². The SMILES string of the molecule is CC(C)NS(=O)(=O)c1cccc(NC=C(C#N)C#N)c1. The van der Waals surface area contributed by atoms with Crippen LogP contribution in [0.1, 0.15) is 13.8 Å². The minimum Gasteiger partial charge on any atom is -0.360 e. The largest absolute Gasteiger partial charge is 0.360 e. The highest BCUT2D eigenvalue weighted by Crippen LogP contribution is 2.16. The van der Waals surface area contributed by atoms with E-state index in [0.717, 1.165) is 0 Å². The molecule has 0 atom stereocenters. The number of allylic oxidation sites excluding steroid dienone is 1. The predicted octanol–water partition coefficient (Wildman–Crippen LogP) is 1.72. The van der Waals surface area contributed by atoms with Crippen LogP contribution < -0.4 is 10.0 Å². The van der Waals surface area contributed by atoms with Gasteiger partial charge in [-0.15, -0.1) is 0 Å². The number of nitrogens with one attached hydrogen (secondary N) is 2. The van der Waals surface area contributed by atoms with E-state index >= 15 is 0 Å². The fourth-order valence-electron chi connectivity index (χ4n) is 1.38. The van der Waals surface area contributed by atoms with E-state index in [0.29, 0.717) is 5.69 Å². The second-order valence-electron chi connectivity index (χ2n) is 4.23. The average molecular weight is 290 g/mol. The summed E-state index contributed by atoms with van der Waals surface area (Å²) < 4.78 is 26.4. The fourth-order valence-corrected chi connectivity index (χ4v) is 2.67. The van der Waals surface area contributed by atoms with Crippen molar-refractivity contribution >= 4 is 15.7 Å². The Labute approximate surface area is 118 Å². The summed E-state index contributed by atoms with van der Waals surface area (Å²) in [5.74, 6) is 0. The number of nitriles is 2. The maximum absolute atomic E-state index is 12.0. The van der Waals surface area contributed by atoms with E-state index in [1.807, 2.05) is 0 Å². The maximum atomic E-state index is 12.0. The van der Waals surface area contributed by atoms with Gasteiger partial charge in [0.25, 0.3) is 0 Å². The van der Waals surface area contributed by atoms with Crippen LogP contribution >= 0.6 is 0 Å². The number of rotatable bonds is 5. The first-order valence-electron chi connectivity index (χ1n) is 5.78. The third kappa shape index (κ3) is 4.39. The van der Waals surface area contributed by atoms with E-state index in [4.69, 9.17) is 10.5 Å². The molecular weight excluding hydrogens is 276 g/mol. The van der Waals surface area contributed by atoms with Crippen LogP contribution in [0.2, 0.25) is 0 Å². The van der Waals surface area contributed by atoms with Crippen LogP contribution in [-0.2, 0) is 10.0 Å². The molecule has 0 aliphatic heterocycles. The molecule has 0 saturated heterocycles. The summed E-state index contributed by atoms with van der Waals surface area (Å²) in [6.45, 7) is 3.46. The summed E-state index contributed by atoms with van der Waals surface area (Å²) >= 11 is 0. The number of sulfonamides is 1. The van der Waals surface area contributed by atoms with E-state index in [1.54, 1.807) is 38.1 Å². The molecule has 0 aliphatic rings. The first-order valence-corrected chi connectivity index (χ1v) is 7.26.